The lowest BCUT2D eigenvalue weighted by atomic mass is 10.2. The summed E-state index contributed by atoms with van der Waals surface area (Å²) in [5.74, 6) is -1.07. The summed E-state index contributed by atoms with van der Waals surface area (Å²) < 4.78 is 7.22. The van der Waals surface area contributed by atoms with Crippen LogP contribution in [-0.2, 0) is 27.4 Å². The minimum atomic E-state index is -0.654. The number of ether oxygens (including phenoxy) is 1. The molecule has 39 heavy (non-hydrogen) atoms. The molecule has 0 atom stereocenters. The van der Waals surface area contributed by atoms with Crippen molar-refractivity contribution in [1.29, 1.82) is 0 Å². The van der Waals surface area contributed by atoms with E-state index in [0.717, 1.165) is 30.3 Å². The van der Waals surface area contributed by atoms with Crippen LogP contribution in [0.15, 0.2) is 52.1 Å². The van der Waals surface area contributed by atoms with E-state index in [-0.39, 0.29) is 49.0 Å². The Hall–Kier alpha value is -3.92. The van der Waals surface area contributed by atoms with Crippen molar-refractivity contribution in [3.63, 3.8) is 0 Å². The lowest BCUT2D eigenvalue weighted by molar-refractivity contribution is -0.122. The summed E-state index contributed by atoms with van der Waals surface area (Å²) in [6, 6.07) is 10.9. The van der Waals surface area contributed by atoms with Gasteiger partial charge in [-0.15, -0.1) is 0 Å². The monoisotopic (exact) mass is 554 g/mol. The lowest BCUT2D eigenvalue weighted by Gasteiger charge is -2.15. The van der Waals surface area contributed by atoms with Gasteiger partial charge in [0.15, 0.2) is 0 Å². The fourth-order valence-corrected chi connectivity index (χ4v) is 4.93. The first-order chi connectivity index (χ1) is 18.8. The molecule has 2 aromatic carbocycles. The molecule has 0 radical (unpaired) electrons. The highest BCUT2D eigenvalue weighted by Crippen LogP contribution is 2.18. The number of amides is 2. The van der Waals surface area contributed by atoms with Crippen LogP contribution in [-0.4, -0.2) is 39.6 Å². The number of rotatable bonds is 10. The number of esters is 1. The highest BCUT2D eigenvalue weighted by atomic mass is 35.5. The molecule has 0 unspecified atom stereocenters. The smallest absolute Gasteiger partial charge is 0.338 e. The van der Waals surface area contributed by atoms with Gasteiger partial charge >= 0.3 is 11.7 Å². The van der Waals surface area contributed by atoms with Gasteiger partial charge in [0.25, 0.3) is 5.56 Å². The maximum Gasteiger partial charge on any atom is 0.338 e. The van der Waals surface area contributed by atoms with E-state index in [1.807, 2.05) is 0 Å². The van der Waals surface area contributed by atoms with E-state index in [2.05, 4.69) is 10.6 Å². The fourth-order valence-electron chi connectivity index (χ4n) is 4.76. The summed E-state index contributed by atoms with van der Waals surface area (Å²) in [4.78, 5) is 63.6. The van der Waals surface area contributed by atoms with Gasteiger partial charge in [0.2, 0.25) is 11.8 Å². The lowest BCUT2D eigenvalue weighted by Crippen LogP contribution is -2.42. The fraction of sp³-hybridized carbons (Fsp3) is 0.393. The first-order valence-electron chi connectivity index (χ1n) is 13.1. The maximum absolute atomic E-state index is 13.4. The quantitative estimate of drug-likeness (QED) is 0.369. The topological polar surface area (TPSA) is 128 Å². The normalized spacial score (nSPS) is 13.4. The van der Waals surface area contributed by atoms with Crippen LogP contribution in [0.5, 0.6) is 0 Å². The Morgan fingerprint density at radius 3 is 2.41 bits per heavy atom. The molecule has 4 rings (SSSR count). The van der Waals surface area contributed by atoms with Crippen LogP contribution in [0.2, 0.25) is 5.02 Å². The largest absolute Gasteiger partial charge is 0.462 e. The minimum absolute atomic E-state index is 0.0230. The molecule has 1 aliphatic rings. The number of fused-ring (bicyclic) bond motifs is 1. The van der Waals surface area contributed by atoms with Gasteiger partial charge in [-0.1, -0.05) is 24.4 Å². The van der Waals surface area contributed by atoms with Crippen LogP contribution in [0.4, 0.5) is 5.69 Å². The van der Waals surface area contributed by atoms with Crippen LogP contribution in [0, 0.1) is 0 Å². The Kier molecular flexibility index (Phi) is 9.19. The molecule has 0 saturated heterocycles. The second-order valence-electron chi connectivity index (χ2n) is 9.49. The molecule has 1 saturated carbocycles. The standard InChI is InChI=1S/C28H31ClN4O6/c1-2-39-27(37)18-9-12-21(13-10-18)31-25(35)17-33-23-14-11-19(29)16-22(23)26(36)32(28(33)38)15-5-8-24(34)30-20-6-3-4-7-20/h9-14,16,20H,2-8,15,17H2,1H3,(H,30,34)(H,31,35). The number of carbonyl (C=O) groups excluding carboxylic acids is 3. The second-order valence-corrected chi connectivity index (χ2v) is 9.92. The van der Waals surface area contributed by atoms with E-state index in [9.17, 15) is 24.0 Å². The maximum atomic E-state index is 13.4. The average molecular weight is 555 g/mol. The summed E-state index contributed by atoms with van der Waals surface area (Å²) in [6.45, 7) is 1.62. The molecule has 206 valence electrons. The third-order valence-corrected chi connectivity index (χ3v) is 6.91. The van der Waals surface area contributed by atoms with Crippen molar-refractivity contribution in [2.45, 2.75) is 64.6 Å². The summed E-state index contributed by atoms with van der Waals surface area (Å²) in [7, 11) is 0. The van der Waals surface area contributed by atoms with Crippen molar-refractivity contribution in [3.8, 4) is 0 Å². The molecule has 0 spiro atoms. The molecule has 0 bridgehead atoms. The van der Waals surface area contributed by atoms with Crippen LogP contribution in [0.1, 0.15) is 55.8 Å². The van der Waals surface area contributed by atoms with E-state index < -0.39 is 23.1 Å². The second kappa shape index (κ2) is 12.8. The zero-order valence-electron chi connectivity index (χ0n) is 21.7. The molecule has 11 heteroatoms. The number of halogens is 1. The van der Waals surface area contributed by atoms with Crippen LogP contribution in [0.25, 0.3) is 10.9 Å². The number of carbonyl (C=O) groups is 3. The number of hydrogen-bond donors (Lipinski definition) is 2. The van der Waals surface area contributed by atoms with E-state index in [1.54, 1.807) is 25.1 Å². The van der Waals surface area contributed by atoms with Gasteiger partial charge in [-0.3, -0.25) is 23.5 Å². The summed E-state index contributed by atoms with van der Waals surface area (Å²) in [6.07, 6.45) is 4.62. The zero-order valence-corrected chi connectivity index (χ0v) is 22.5. The summed E-state index contributed by atoms with van der Waals surface area (Å²) in [5.41, 5.74) is -0.135. The summed E-state index contributed by atoms with van der Waals surface area (Å²) >= 11 is 6.13. The number of aromatic nitrogens is 2. The molecular formula is C28H31ClN4O6. The predicted molar refractivity (Wildman–Crippen MR) is 148 cm³/mol. The molecule has 2 N–H and O–H groups in total. The van der Waals surface area contributed by atoms with Crippen LogP contribution >= 0.6 is 11.6 Å². The third kappa shape index (κ3) is 6.94. The highest BCUT2D eigenvalue weighted by molar-refractivity contribution is 6.31. The first kappa shape index (κ1) is 28.1. The van der Waals surface area contributed by atoms with Crippen molar-refractivity contribution in [3.05, 3.63) is 73.9 Å². The summed E-state index contributed by atoms with van der Waals surface area (Å²) in [5, 5.41) is 6.22. The third-order valence-electron chi connectivity index (χ3n) is 6.67. The number of nitrogens with zero attached hydrogens (tertiary/aromatic N) is 2. The van der Waals surface area contributed by atoms with Crippen molar-refractivity contribution in [2.24, 2.45) is 0 Å². The van der Waals surface area contributed by atoms with Gasteiger partial charge in [0.1, 0.15) is 6.54 Å². The molecule has 3 aromatic rings. The van der Waals surface area contributed by atoms with E-state index in [4.69, 9.17) is 16.3 Å². The number of benzene rings is 2. The molecule has 1 aliphatic carbocycles. The van der Waals surface area contributed by atoms with Crippen molar-refractivity contribution in [1.82, 2.24) is 14.5 Å². The Morgan fingerprint density at radius 1 is 1.00 bits per heavy atom. The number of anilines is 1. The molecule has 2 amide bonds. The van der Waals surface area contributed by atoms with Crippen LogP contribution < -0.4 is 21.9 Å². The van der Waals surface area contributed by atoms with Crippen LogP contribution in [0.3, 0.4) is 0 Å². The van der Waals surface area contributed by atoms with Gasteiger partial charge in [-0.2, -0.15) is 0 Å². The van der Waals surface area contributed by atoms with Gasteiger partial charge in [0.05, 0.1) is 23.1 Å². The van der Waals surface area contributed by atoms with Gasteiger partial charge in [0, 0.05) is 29.7 Å². The van der Waals surface area contributed by atoms with E-state index >= 15 is 0 Å². The number of hydrogen-bond acceptors (Lipinski definition) is 6. The minimum Gasteiger partial charge on any atom is -0.462 e. The molecule has 1 aromatic heterocycles. The average Bonchev–Trinajstić information content (AvgIpc) is 3.42. The Labute approximate surface area is 229 Å². The Bertz CT molecular complexity index is 1490. The van der Waals surface area contributed by atoms with E-state index in [1.165, 1.54) is 28.8 Å². The van der Waals surface area contributed by atoms with Gasteiger partial charge in [-0.25, -0.2) is 9.59 Å². The molecule has 0 aliphatic heterocycles. The predicted octanol–water partition coefficient (Wildman–Crippen LogP) is 3.47. The highest BCUT2D eigenvalue weighted by Gasteiger charge is 2.19. The number of nitrogens with one attached hydrogen (secondary N) is 2. The van der Waals surface area contributed by atoms with Crippen molar-refractivity contribution < 1.29 is 19.1 Å². The SMILES string of the molecule is CCOC(=O)c1ccc(NC(=O)Cn2c(=O)n(CCCC(=O)NC3CCCC3)c(=O)c3cc(Cl)ccc32)cc1. The molecule has 10 nitrogen and oxygen atoms in total. The molecule has 1 fully saturated rings. The Morgan fingerprint density at radius 2 is 1.72 bits per heavy atom. The van der Waals surface area contributed by atoms with E-state index in [0.29, 0.717) is 22.7 Å². The first-order valence-corrected chi connectivity index (χ1v) is 13.4. The Balaban J connectivity index is 1.52. The van der Waals surface area contributed by atoms with Crippen molar-refractivity contribution >= 4 is 46.0 Å². The molecule has 1 heterocycles. The zero-order chi connectivity index (χ0) is 27.9. The molecular weight excluding hydrogens is 524 g/mol. The van der Waals surface area contributed by atoms with Gasteiger partial charge < -0.3 is 15.4 Å². The van der Waals surface area contributed by atoms with Gasteiger partial charge in [-0.05, 0) is 68.7 Å². The van der Waals surface area contributed by atoms with Crippen molar-refractivity contribution in [2.75, 3.05) is 11.9 Å².